The first-order valence-electron chi connectivity index (χ1n) is 6.04. The van der Waals surface area contributed by atoms with Crippen molar-refractivity contribution in [2.75, 3.05) is 18.1 Å². The van der Waals surface area contributed by atoms with E-state index in [4.69, 9.17) is 26.2 Å². The zero-order chi connectivity index (χ0) is 15.4. The lowest BCUT2D eigenvalue weighted by Gasteiger charge is -2.20. The second kappa shape index (κ2) is 6.43. The molecule has 110 valence electrons. The summed E-state index contributed by atoms with van der Waals surface area (Å²) in [6.45, 7) is -0.204. The van der Waals surface area contributed by atoms with E-state index in [1.165, 1.54) is 41.3 Å². The predicted molar refractivity (Wildman–Crippen MR) is 75.9 cm³/mol. The first kappa shape index (κ1) is 15.1. The summed E-state index contributed by atoms with van der Waals surface area (Å²) in [5.41, 5.74) is 0.558. The summed E-state index contributed by atoms with van der Waals surface area (Å²) in [6, 6.07) is 8.61. The van der Waals surface area contributed by atoms with Gasteiger partial charge in [0.25, 0.3) is 5.91 Å². The highest BCUT2D eigenvalue weighted by Gasteiger charge is 2.20. The third-order valence-electron chi connectivity index (χ3n) is 2.78. The van der Waals surface area contributed by atoms with Crippen molar-refractivity contribution < 1.29 is 24.2 Å². The number of carboxylic acid groups (broad SMARTS) is 1. The number of rotatable bonds is 5. The van der Waals surface area contributed by atoms with Gasteiger partial charge in [-0.15, -0.1) is 0 Å². The molecule has 0 bridgehead atoms. The second-order valence-corrected chi connectivity index (χ2v) is 4.51. The number of nitrogens with zero attached hydrogens (tertiary/aromatic N) is 1. The van der Waals surface area contributed by atoms with E-state index in [-0.39, 0.29) is 29.7 Å². The number of halogens is 1. The van der Waals surface area contributed by atoms with E-state index in [9.17, 15) is 9.59 Å². The molecular formula is C14H12ClNO5. The summed E-state index contributed by atoms with van der Waals surface area (Å²) in [7, 11) is 0. The molecule has 6 nitrogen and oxygen atoms in total. The standard InChI is InChI=1S/C14H12ClNO5/c15-12-6-5-11(21-12)13(18)16(7-8-17)10-3-1-9(2-4-10)14(19)20/h1-6,17H,7-8H2,(H,19,20). The Kier molecular flexibility index (Phi) is 4.62. The number of amides is 1. The third kappa shape index (κ3) is 3.42. The molecule has 0 unspecified atom stereocenters. The first-order valence-corrected chi connectivity index (χ1v) is 6.42. The average molecular weight is 310 g/mol. The lowest BCUT2D eigenvalue weighted by Crippen LogP contribution is -2.33. The molecule has 7 heteroatoms. The molecule has 0 saturated carbocycles. The van der Waals surface area contributed by atoms with Gasteiger partial charge < -0.3 is 19.5 Å². The van der Waals surface area contributed by atoms with Crippen molar-refractivity contribution in [3.8, 4) is 0 Å². The number of aliphatic hydroxyl groups excluding tert-OH is 1. The van der Waals surface area contributed by atoms with Gasteiger partial charge in [0.05, 0.1) is 12.2 Å². The van der Waals surface area contributed by atoms with Gasteiger partial charge in [-0.3, -0.25) is 4.79 Å². The molecular weight excluding hydrogens is 298 g/mol. The van der Waals surface area contributed by atoms with E-state index in [0.717, 1.165) is 0 Å². The second-order valence-electron chi connectivity index (χ2n) is 4.14. The summed E-state index contributed by atoms with van der Waals surface area (Å²) in [4.78, 5) is 24.4. The van der Waals surface area contributed by atoms with E-state index < -0.39 is 11.9 Å². The fraction of sp³-hybridized carbons (Fsp3) is 0.143. The lowest BCUT2D eigenvalue weighted by atomic mass is 10.2. The predicted octanol–water partition coefficient (Wildman–Crippen LogP) is 2.27. The largest absolute Gasteiger partial charge is 0.478 e. The van der Waals surface area contributed by atoms with Crippen molar-refractivity contribution in [1.29, 1.82) is 0 Å². The molecule has 0 radical (unpaired) electrons. The summed E-state index contributed by atoms with van der Waals surface area (Å²) in [6.07, 6.45) is 0. The van der Waals surface area contributed by atoms with Gasteiger partial charge in [0.15, 0.2) is 11.0 Å². The van der Waals surface area contributed by atoms with Crippen molar-refractivity contribution in [2.24, 2.45) is 0 Å². The normalized spacial score (nSPS) is 10.4. The first-order chi connectivity index (χ1) is 10.0. The molecule has 2 rings (SSSR count). The Hall–Kier alpha value is -2.31. The van der Waals surface area contributed by atoms with Crippen LogP contribution in [0.5, 0.6) is 0 Å². The van der Waals surface area contributed by atoms with Crippen LogP contribution in [0.2, 0.25) is 5.22 Å². The van der Waals surface area contributed by atoms with Crippen molar-refractivity contribution in [3.63, 3.8) is 0 Å². The summed E-state index contributed by atoms with van der Waals surface area (Å²) < 4.78 is 5.05. The van der Waals surface area contributed by atoms with Gasteiger partial charge in [0.1, 0.15) is 0 Å². The van der Waals surface area contributed by atoms with Crippen LogP contribution in [0.3, 0.4) is 0 Å². The number of carbonyl (C=O) groups is 2. The van der Waals surface area contributed by atoms with Gasteiger partial charge in [0, 0.05) is 12.2 Å². The minimum absolute atomic E-state index is 0.0377. The minimum atomic E-state index is -1.06. The monoisotopic (exact) mass is 309 g/mol. The molecule has 1 heterocycles. The number of carboxylic acids is 1. The lowest BCUT2D eigenvalue weighted by molar-refractivity contribution is 0.0696. The Labute approximate surface area is 125 Å². The zero-order valence-electron chi connectivity index (χ0n) is 10.8. The molecule has 21 heavy (non-hydrogen) atoms. The zero-order valence-corrected chi connectivity index (χ0v) is 11.6. The van der Waals surface area contributed by atoms with Crippen molar-refractivity contribution in [3.05, 3.63) is 52.9 Å². The van der Waals surface area contributed by atoms with Gasteiger partial charge in [0.2, 0.25) is 0 Å². The highest BCUT2D eigenvalue weighted by molar-refractivity contribution is 6.29. The maximum atomic E-state index is 12.3. The van der Waals surface area contributed by atoms with Crippen LogP contribution in [-0.4, -0.2) is 35.2 Å². The maximum Gasteiger partial charge on any atom is 0.335 e. The van der Waals surface area contributed by atoms with Crippen LogP contribution in [0.15, 0.2) is 40.8 Å². The molecule has 0 saturated heterocycles. The summed E-state index contributed by atoms with van der Waals surface area (Å²) >= 11 is 5.64. The number of benzene rings is 1. The highest BCUT2D eigenvalue weighted by Crippen LogP contribution is 2.20. The molecule has 2 N–H and O–H groups in total. The molecule has 0 fully saturated rings. The number of furan rings is 1. The van der Waals surface area contributed by atoms with Crippen molar-refractivity contribution in [2.45, 2.75) is 0 Å². The Morgan fingerprint density at radius 2 is 1.81 bits per heavy atom. The van der Waals surface area contributed by atoms with Gasteiger partial charge in [-0.2, -0.15) is 0 Å². The molecule has 0 spiro atoms. The van der Waals surface area contributed by atoms with Gasteiger partial charge in [-0.1, -0.05) is 0 Å². The summed E-state index contributed by atoms with van der Waals surface area (Å²) in [5.74, 6) is -1.49. The summed E-state index contributed by atoms with van der Waals surface area (Å²) in [5, 5.41) is 18.0. The molecule has 0 aliphatic rings. The van der Waals surface area contributed by atoms with E-state index in [2.05, 4.69) is 0 Å². The highest BCUT2D eigenvalue weighted by atomic mass is 35.5. The molecule has 1 aromatic heterocycles. The Morgan fingerprint density at radius 1 is 1.14 bits per heavy atom. The van der Waals surface area contributed by atoms with Crippen LogP contribution in [-0.2, 0) is 0 Å². The molecule has 1 aromatic carbocycles. The van der Waals surface area contributed by atoms with E-state index in [1.807, 2.05) is 0 Å². The number of hydrogen-bond acceptors (Lipinski definition) is 4. The fourth-order valence-corrected chi connectivity index (χ4v) is 1.94. The SMILES string of the molecule is O=C(O)c1ccc(N(CCO)C(=O)c2ccc(Cl)o2)cc1. The quantitative estimate of drug-likeness (QED) is 0.884. The number of aliphatic hydroxyl groups is 1. The van der Waals surface area contributed by atoms with Crippen molar-refractivity contribution in [1.82, 2.24) is 0 Å². The Morgan fingerprint density at radius 3 is 2.29 bits per heavy atom. The van der Waals surface area contributed by atoms with Crippen LogP contribution in [0.4, 0.5) is 5.69 Å². The third-order valence-corrected chi connectivity index (χ3v) is 2.98. The molecule has 1 amide bonds. The van der Waals surface area contributed by atoms with E-state index in [1.54, 1.807) is 0 Å². The minimum Gasteiger partial charge on any atom is -0.478 e. The van der Waals surface area contributed by atoms with Crippen LogP contribution in [0, 0.1) is 0 Å². The molecule has 0 aliphatic carbocycles. The van der Waals surface area contributed by atoms with Gasteiger partial charge in [-0.05, 0) is 48.0 Å². The Balaban J connectivity index is 2.29. The maximum absolute atomic E-state index is 12.3. The van der Waals surface area contributed by atoms with Gasteiger partial charge in [-0.25, -0.2) is 4.79 Å². The van der Waals surface area contributed by atoms with Crippen LogP contribution >= 0.6 is 11.6 Å². The molecule has 2 aromatic rings. The Bertz CT molecular complexity index is 650. The van der Waals surface area contributed by atoms with E-state index in [0.29, 0.717) is 5.69 Å². The van der Waals surface area contributed by atoms with Gasteiger partial charge >= 0.3 is 5.97 Å². The molecule has 0 atom stereocenters. The average Bonchev–Trinajstić information content (AvgIpc) is 2.91. The number of carbonyl (C=O) groups excluding carboxylic acids is 1. The van der Waals surface area contributed by atoms with Crippen LogP contribution < -0.4 is 4.90 Å². The number of aromatic carboxylic acids is 1. The topological polar surface area (TPSA) is 91.0 Å². The fourth-order valence-electron chi connectivity index (χ4n) is 1.79. The number of hydrogen-bond donors (Lipinski definition) is 2. The van der Waals surface area contributed by atoms with Crippen molar-refractivity contribution >= 4 is 29.2 Å². The van der Waals surface area contributed by atoms with E-state index >= 15 is 0 Å². The molecule has 0 aliphatic heterocycles. The van der Waals surface area contributed by atoms with Crippen LogP contribution in [0.1, 0.15) is 20.9 Å². The number of anilines is 1. The smallest absolute Gasteiger partial charge is 0.335 e. The van der Waals surface area contributed by atoms with Crippen LogP contribution in [0.25, 0.3) is 0 Å².